The maximum Gasteiger partial charge on any atom is 0.322 e. The third kappa shape index (κ3) is 5.99. The van der Waals surface area contributed by atoms with Crippen molar-refractivity contribution >= 4 is 9.28 Å². The molecular weight excluding hydrogens is 218 g/mol. The monoisotopic (exact) mass is 245 g/mol. The molecule has 0 spiro atoms. The Morgan fingerprint density at radius 2 is 1.69 bits per heavy atom. The van der Waals surface area contributed by atoms with Gasteiger partial charge in [0.05, 0.1) is 0 Å². The smallest absolute Gasteiger partial charge is 0.322 e. The van der Waals surface area contributed by atoms with Crippen LogP contribution in [0, 0.1) is 0 Å². The molecular formula is C12H27NO2Si. The van der Waals surface area contributed by atoms with Gasteiger partial charge in [0.25, 0.3) is 0 Å². The maximum atomic E-state index is 5.65. The first-order valence-electron chi connectivity index (χ1n) is 6.83. The molecule has 16 heavy (non-hydrogen) atoms. The molecule has 0 radical (unpaired) electrons. The van der Waals surface area contributed by atoms with E-state index in [9.17, 15) is 0 Å². The molecule has 0 aromatic rings. The van der Waals surface area contributed by atoms with E-state index in [2.05, 4.69) is 5.32 Å². The van der Waals surface area contributed by atoms with Crippen molar-refractivity contribution in [2.45, 2.75) is 58.0 Å². The fourth-order valence-electron chi connectivity index (χ4n) is 2.30. The van der Waals surface area contributed by atoms with Crippen LogP contribution in [-0.4, -0.2) is 35.1 Å². The minimum absolute atomic E-state index is 0.756. The lowest BCUT2D eigenvalue weighted by atomic mass is 9.96. The maximum absolute atomic E-state index is 5.65. The van der Waals surface area contributed by atoms with E-state index in [0.29, 0.717) is 0 Å². The molecule has 1 rings (SSSR count). The first-order chi connectivity index (χ1) is 7.86. The molecule has 0 amide bonds. The van der Waals surface area contributed by atoms with Crippen LogP contribution in [0.2, 0.25) is 6.04 Å². The minimum atomic E-state index is -1.37. The highest BCUT2D eigenvalue weighted by Crippen LogP contribution is 2.17. The van der Waals surface area contributed by atoms with E-state index in [1.807, 2.05) is 13.8 Å². The van der Waals surface area contributed by atoms with Crippen molar-refractivity contribution in [2.24, 2.45) is 0 Å². The lowest BCUT2D eigenvalue weighted by Gasteiger charge is -2.23. The first-order valence-corrected chi connectivity index (χ1v) is 8.59. The van der Waals surface area contributed by atoms with E-state index in [0.717, 1.165) is 31.8 Å². The molecule has 3 nitrogen and oxygen atoms in total. The molecule has 4 heteroatoms. The zero-order chi connectivity index (χ0) is 11.6. The Morgan fingerprint density at radius 1 is 1.06 bits per heavy atom. The second-order valence-corrected chi connectivity index (χ2v) is 6.52. The zero-order valence-electron chi connectivity index (χ0n) is 10.8. The van der Waals surface area contributed by atoms with Crippen LogP contribution in [0.4, 0.5) is 0 Å². The minimum Gasteiger partial charge on any atom is -0.397 e. The molecule has 1 aliphatic rings. The summed E-state index contributed by atoms with van der Waals surface area (Å²) in [7, 11) is -1.37. The Balaban J connectivity index is 2.06. The van der Waals surface area contributed by atoms with Gasteiger partial charge in [0.2, 0.25) is 0 Å². The van der Waals surface area contributed by atoms with Gasteiger partial charge in [0, 0.05) is 25.3 Å². The van der Waals surface area contributed by atoms with E-state index in [-0.39, 0.29) is 0 Å². The summed E-state index contributed by atoms with van der Waals surface area (Å²) in [5.74, 6) is 0. The van der Waals surface area contributed by atoms with Gasteiger partial charge in [-0.3, -0.25) is 0 Å². The van der Waals surface area contributed by atoms with Crippen molar-refractivity contribution < 1.29 is 8.85 Å². The first kappa shape index (κ1) is 14.2. The van der Waals surface area contributed by atoms with Crippen molar-refractivity contribution in [3.63, 3.8) is 0 Å². The molecule has 0 atom stereocenters. The Bertz CT molecular complexity index is 157. The summed E-state index contributed by atoms with van der Waals surface area (Å²) in [6.07, 6.45) is 6.93. The van der Waals surface area contributed by atoms with Gasteiger partial charge in [0.1, 0.15) is 0 Å². The van der Waals surface area contributed by atoms with Crippen molar-refractivity contribution in [3.8, 4) is 0 Å². The molecule has 1 aliphatic carbocycles. The third-order valence-electron chi connectivity index (χ3n) is 3.12. The molecule has 1 saturated carbocycles. The van der Waals surface area contributed by atoms with Crippen molar-refractivity contribution in [1.29, 1.82) is 0 Å². The van der Waals surface area contributed by atoms with E-state index in [1.54, 1.807) is 0 Å². The standard InChI is InChI=1S/C12H27NO2Si/c1-3-14-16(15-4-2)11-10-13-12-8-6-5-7-9-12/h12-13,16H,3-11H2,1-2H3. The number of nitrogens with one attached hydrogen (secondary N) is 1. The fraction of sp³-hybridized carbons (Fsp3) is 1.00. The highest BCUT2D eigenvalue weighted by Gasteiger charge is 2.15. The predicted molar refractivity (Wildman–Crippen MR) is 70.1 cm³/mol. The van der Waals surface area contributed by atoms with Crippen LogP contribution >= 0.6 is 0 Å². The molecule has 1 fully saturated rings. The number of rotatable bonds is 8. The number of hydrogen-bond acceptors (Lipinski definition) is 3. The molecule has 0 bridgehead atoms. The molecule has 0 aliphatic heterocycles. The van der Waals surface area contributed by atoms with E-state index in [4.69, 9.17) is 8.85 Å². The van der Waals surface area contributed by atoms with Gasteiger partial charge in [-0.15, -0.1) is 0 Å². The normalized spacial score (nSPS) is 18.2. The van der Waals surface area contributed by atoms with Gasteiger partial charge in [0.15, 0.2) is 0 Å². The largest absolute Gasteiger partial charge is 0.397 e. The quantitative estimate of drug-likeness (QED) is 0.665. The summed E-state index contributed by atoms with van der Waals surface area (Å²) < 4.78 is 11.3. The molecule has 0 aromatic heterocycles. The summed E-state index contributed by atoms with van der Waals surface area (Å²) in [6, 6.07) is 1.85. The van der Waals surface area contributed by atoms with Gasteiger partial charge in [-0.1, -0.05) is 19.3 Å². The highest BCUT2D eigenvalue weighted by molar-refractivity contribution is 6.44. The fourth-order valence-corrected chi connectivity index (χ4v) is 3.87. The Labute approximate surface area is 102 Å². The van der Waals surface area contributed by atoms with Gasteiger partial charge >= 0.3 is 9.28 Å². The lowest BCUT2D eigenvalue weighted by Crippen LogP contribution is -2.35. The van der Waals surface area contributed by atoms with Crippen molar-refractivity contribution in [3.05, 3.63) is 0 Å². The van der Waals surface area contributed by atoms with E-state index >= 15 is 0 Å². The van der Waals surface area contributed by atoms with Crippen LogP contribution in [-0.2, 0) is 8.85 Å². The topological polar surface area (TPSA) is 30.5 Å². The molecule has 1 N–H and O–H groups in total. The predicted octanol–water partition coefficient (Wildman–Crippen LogP) is 2.20. The molecule has 0 saturated heterocycles. The Hall–Kier alpha value is 0.0969. The van der Waals surface area contributed by atoms with Gasteiger partial charge in [-0.2, -0.15) is 0 Å². The second-order valence-electron chi connectivity index (χ2n) is 4.42. The zero-order valence-corrected chi connectivity index (χ0v) is 12.0. The molecule has 0 heterocycles. The van der Waals surface area contributed by atoms with Gasteiger partial charge in [-0.25, -0.2) is 0 Å². The average Bonchev–Trinajstić information content (AvgIpc) is 2.31. The lowest BCUT2D eigenvalue weighted by molar-refractivity contribution is 0.212. The van der Waals surface area contributed by atoms with Crippen LogP contribution in [0.5, 0.6) is 0 Å². The SMILES string of the molecule is CCO[SiH](CCNC1CCCCC1)OCC. The molecule has 96 valence electrons. The van der Waals surface area contributed by atoms with Gasteiger partial charge in [-0.05, 0) is 33.2 Å². The average molecular weight is 245 g/mol. The summed E-state index contributed by atoms with van der Waals surface area (Å²) >= 11 is 0. The van der Waals surface area contributed by atoms with E-state index in [1.165, 1.54) is 32.1 Å². The molecule has 0 aromatic carbocycles. The van der Waals surface area contributed by atoms with Crippen LogP contribution in [0.3, 0.4) is 0 Å². The van der Waals surface area contributed by atoms with Crippen LogP contribution < -0.4 is 5.32 Å². The molecule has 0 unspecified atom stereocenters. The van der Waals surface area contributed by atoms with Crippen LogP contribution in [0.15, 0.2) is 0 Å². The van der Waals surface area contributed by atoms with Crippen molar-refractivity contribution in [1.82, 2.24) is 5.32 Å². The summed E-state index contributed by atoms with van der Waals surface area (Å²) in [5.41, 5.74) is 0. The van der Waals surface area contributed by atoms with Crippen LogP contribution in [0.25, 0.3) is 0 Å². The van der Waals surface area contributed by atoms with Crippen LogP contribution in [0.1, 0.15) is 46.0 Å². The summed E-state index contributed by atoms with van der Waals surface area (Å²) in [4.78, 5) is 0. The summed E-state index contributed by atoms with van der Waals surface area (Å²) in [6.45, 7) is 6.75. The Kier molecular flexibility index (Phi) is 8.11. The summed E-state index contributed by atoms with van der Waals surface area (Å²) in [5, 5.41) is 3.64. The third-order valence-corrected chi connectivity index (χ3v) is 5.29. The number of hydrogen-bond donors (Lipinski definition) is 1. The van der Waals surface area contributed by atoms with Crippen molar-refractivity contribution in [2.75, 3.05) is 19.8 Å². The van der Waals surface area contributed by atoms with E-state index < -0.39 is 9.28 Å². The highest BCUT2D eigenvalue weighted by atomic mass is 28.3. The second kappa shape index (κ2) is 9.16. The Morgan fingerprint density at radius 3 is 2.25 bits per heavy atom. The van der Waals surface area contributed by atoms with Gasteiger partial charge < -0.3 is 14.2 Å².